The SMILES string of the molecule is CCCC/C=C\CCCCCCCC(=O)OCC(COP(=O)(O)OCC(O)CO)OC(=O)CCCCCCCCCCCCC/C=C\CCCCCCCCCC. The molecule has 3 unspecified atom stereocenters. The molecule has 0 aliphatic carbocycles. The van der Waals surface area contributed by atoms with Crippen LogP contribution in [0.25, 0.3) is 0 Å². The van der Waals surface area contributed by atoms with Gasteiger partial charge >= 0.3 is 19.8 Å². The Morgan fingerprint density at radius 1 is 0.509 bits per heavy atom. The number of carbonyl (C=O) groups is 2. The minimum absolute atomic E-state index is 0.184. The van der Waals surface area contributed by atoms with E-state index in [9.17, 15) is 24.2 Å². The number of phosphoric acid groups is 1. The first kappa shape index (κ1) is 55.5. The lowest BCUT2D eigenvalue weighted by Crippen LogP contribution is -2.29. The van der Waals surface area contributed by atoms with E-state index >= 15 is 0 Å². The van der Waals surface area contributed by atoms with Crippen molar-refractivity contribution in [2.75, 3.05) is 26.4 Å². The Kier molecular flexibility index (Phi) is 41.4. The third-order valence-corrected chi connectivity index (χ3v) is 11.0. The molecule has 10 nitrogen and oxygen atoms in total. The van der Waals surface area contributed by atoms with Crippen LogP contribution < -0.4 is 0 Å². The van der Waals surface area contributed by atoms with Crippen LogP contribution >= 0.6 is 7.82 Å². The van der Waals surface area contributed by atoms with E-state index in [1.54, 1.807) is 0 Å². The molecular weight excluding hydrogens is 743 g/mol. The average Bonchev–Trinajstić information content (AvgIpc) is 3.20. The van der Waals surface area contributed by atoms with E-state index in [1.807, 2.05) is 0 Å². The summed E-state index contributed by atoms with van der Waals surface area (Å²) >= 11 is 0. The van der Waals surface area contributed by atoms with Crippen molar-refractivity contribution in [3.8, 4) is 0 Å². The van der Waals surface area contributed by atoms with Crippen molar-refractivity contribution >= 4 is 19.8 Å². The minimum atomic E-state index is -4.62. The second kappa shape index (κ2) is 42.6. The maximum atomic E-state index is 12.6. The van der Waals surface area contributed by atoms with Crippen molar-refractivity contribution in [1.82, 2.24) is 0 Å². The molecule has 0 aromatic rings. The van der Waals surface area contributed by atoms with E-state index < -0.39 is 51.8 Å². The van der Waals surface area contributed by atoms with Gasteiger partial charge < -0.3 is 24.6 Å². The molecule has 0 fully saturated rings. The lowest BCUT2D eigenvalue weighted by molar-refractivity contribution is -0.161. The Bertz CT molecular complexity index is 1000. The van der Waals surface area contributed by atoms with Gasteiger partial charge in [0, 0.05) is 12.8 Å². The summed E-state index contributed by atoms with van der Waals surface area (Å²) in [7, 11) is -4.62. The van der Waals surface area contributed by atoms with Gasteiger partial charge in [-0.15, -0.1) is 0 Å². The number of aliphatic hydroxyl groups excluding tert-OH is 2. The van der Waals surface area contributed by atoms with Gasteiger partial charge in [0.25, 0.3) is 0 Å². The number of rotatable bonds is 44. The minimum Gasteiger partial charge on any atom is -0.462 e. The molecule has 0 heterocycles. The molecule has 3 N–H and O–H groups in total. The fourth-order valence-corrected chi connectivity index (χ4v) is 7.23. The lowest BCUT2D eigenvalue weighted by Gasteiger charge is -2.20. The third kappa shape index (κ3) is 42.4. The van der Waals surface area contributed by atoms with Crippen LogP contribution in [-0.4, -0.2) is 65.7 Å². The van der Waals surface area contributed by atoms with Crippen molar-refractivity contribution in [3.05, 3.63) is 24.3 Å². The summed E-state index contributed by atoms with van der Waals surface area (Å²) in [6, 6.07) is 0. The largest absolute Gasteiger partial charge is 0.472 e. The Labute approximate surface area is 348 Å². The Balaban J connectivity index is 4.14. The number of phosphoric ester groups is 1. The van der Waals surface area contributed by atoms with E-state index in [0.29, 0.717) is 12.8 Å². The maximum Gasteiger partial charge on any atom is 0.472 e. The van der Waals surface area contributed by atoms with Gasteiger partial charge in [-0.2, -0.15) is 0 Å². The van der Waals surface area contributed by atoms with E-state index in [-0.39, 0.29) is 19.4 Å². The molecule has 0 bridgehead atoms. The zero-order chi connectivity index (χ0) is 41.9. The zero-order valence-corrected chi connectivity index (χ0v) is 37.5. The highest BCUT2D eigenvalue weighted by atomic mass is 31.2. The van der Waals surface area contributed by atoms with Gasteiger partial charge in [-0.25, -0.2) is 4.57 Å². The summed E-state index contributed by atoms with van der Waals surface area (Å²) in [5.41, 5.74) is 0. The molecule has 3 atom stereocenters. The standard InChI is InChI=1S/C46H87O10P/c1-3-5-7-9-11-13-15-16-17-18-19-20-21-22-23-24-25-26-28-30-32-34-36-38-46(50)56-44(42-55-57(51,52)54-40-43(48)39-47)41-53-45(49)37-35-33-31-29-27-14-12-10-8-6-4-2/h10,12,18-19,43-44,47-48H,3-9,11,13-17,20-42H2,1-2H3,(H,51,52)/b12-10-,19-18-. The molecule has 11 heteroatoms. The van der Waals surface area contributed by atoms with Crippen LogP contribution in [0.3, 0.4) is 0 Å². The van der Waals surface area contributed by atoms with Crippen LogP contribution in [0.1, 0.15) is 219 Å². The third-order valence-electron chi connectivity index (χ3n) is 10.1. The van der Waals surface area contributed by atoms with Crippen LogP contribution in [0.4, 0.5) is 0 Å². The first-order chi connectivity index (χ1) is 27.7. The Morgan fingerprint density at radius 3 is 1.32 bits per heavy atom. The number of esters is 2. The van der Waals surface area contributed by atoms with Crippen LogP contribution in [0.15, 0.2) is 24.3 Å². The number of ether oxygens (including phenoxy) is 2. The molecule has 0 saturated carbocycles. The summed E-state index contributed by atoms with van der Waals surface area (Å²) in [5, 5.41) is 18.3. The first-order valence-corrected chi connectivity index (χ1v) is 24.8. The molecule has 0 amide bonds. The van der Waals surface area contributed by atoms with Crippen molar-refractivity contribution in [3.63, 3.8) is 0 Å². The topological polar surface area (TPSA) is 149 Å². The van der Waals surface area contributed by atoms with Crippen LogP contribution in [0, 0.1) is 0 Å². The summed E-state index contributed by atoms with van der Waals surface area (Å²) in [6.07, 6.45) is 43.0. The fourth-order valence-electron chi connectivity index (χ4n) is 6.44. The number of hydrogen-bond donors (Lipinski definition) is 3. The van der Waals surface area contributed by atoms with E-state index in [0.717, 1.165) is 57.8 Å². The summed E-state index contributed by atoms with van der Waals surface area (Å²) in [4.78, 5) is 35.0. The second-order valence-electron chi connectivity index (χ2n) is 15.8. The van der Waals surface area contributed by atoms with Crippen molar-refractivity contribution < 1.29 is 47.8 Å². The summed E-state index contributed by atoms with van der Waals surface area (Å²) < 4.78 is 32.7. The highest BCUT2D eigenvalue weighted by Gasteiger charge is 2.27. The van der Waals surface area contributed by atoms with Crippen LogP contribution in [0.5, 0.6) is 0 Å². The van der Waals surface area contributed by atoms with Gasteiger partial charge in [0.15, 0.2) is 6.10 Å². The van der Waals surface area contributed by atoms with Crippen LogP contribution in [0.2, 0.25) is 0 Å². The summed E-state index contributed by atoms with van der Waals surface area (Å²) in [5.74, 6) is -0.931. The fraction of sp³-hybridized carbons (Fsp3) is 0.870. The molecule has 0 spiro atoms. The Hall–Kier alpha value is -1.55. The van der Waals surface area contributed by atoms with Gasteiger partial charge in [0.1, 0.15) is 12.7 Å². The average molecular weight is 831 g/mol. The Morgan fingerprint density at radius 2 is 0.877 bits per heavy atom. The van der Waals surface area contributed by atoms with Crippen LogP contribution in [-0.2, 0) is 32.7 Å². The predicted octanol–water partition coefficient (Wildman–Crippen LogP) is 12.6. The highest BCUT2D eigenvalue weighted by molar-refractivity contribution is 7.47. The van der Waals surface area contributed by atoms with Gasteiger partial charge in [0.2, 0.25) is 0 Å². The quantitative estimate of drug-likeness (QED) is 0.0234. The molecule has 336 valence electrons. The molecule has 0 rings (SSSR count). The van der Waals surface area contributed by atoms with Crippen molar-refractivity contribution in [1.29, 1.82) is 0 Å². The molecule has 57 heavy (non-hydrogen) atoms. The zero-order valence-electron chi connectivity index (χ0n) is 36.6. The van der Waals surface area contributed by atoms with E-state index in [1.165, 1.54) is 122 Å². The van der Waals surface area contributed by atoms with Gasteiger partial charge in [0.05, 0.1) is 19.8 Å². The lowest BCUT2D eigenvalue weighted by atomic mass is 10.0. The second-order valence-corrected chi connectivity index (χ2v) is 17.2. The number of unbranched alkanes of at least 4 members (excludes halogenated alkanes) is 26. The predicted molar refractivity (Wildman–Crippen MR) is 233 cm³/mol. The molecule has 0 aromatic heterocycles. The molecule has 0 aliphatic rings. The van der Waals surface area contributed by atoms with E-state index in [2.05, 4.69) is 38.2 Å². The number of aliphatic hydroxyl groups is 2. The molecule has 0 aromatic carbocycles. The summed E-state index contributed by atoms with van der Waals surface area (Å²) in [6.45, 7) is 2.35. The molecule has 0 saturated heterocycles. The first-order valence-electron chi connectivity index (χ1n) is 23.3. The normalized spacial score (nSPS) is 14.0. The van der Waals surface area contributed by atoms with E-state index in [4.69, 9.17) is 23.6 Å². The number of carbonyl (C=O) groups excluding carboxylic acids is 2. The van der Waals surface area contributed by atoms with Gasteiger partial charge in [-0.3, -0.25) is 18.6 Å². The molecule has 0 aliphatic heterocycles. The van der Waals surface area contributed by atoms with Gasteiger partial charge in [-0.1, -0.05) is 173 Å². The van der Waals surface area contributed by atoms with Crippen molar-refractivity contribution in [2.24, 2.45) is 0 Å². The number of hydrogen-bond acceptors (Lipinski definition) is 9. The maximum absolute atomic E-state index is 12.6. The monoisotopic (exact) mass is 831 g/mol. The smallest absolute Gasteiger partial charge is 0.462 e. The highest BCUT2D eigenvalue weighted by Crippen LogP contribution is 2.43. The molecular formula is C46H87O10P. The number of allylic oxidation sites excluding steroid dienone is 4. The molecule has 0 radical (unpaired) electrons. The van der Waals surface area contributed by atoms with Gasteiger partial charge in [-0.05, 0) is 57.8 Å². The van der Waals surface area contributed by atoms with Crippen molar-refractivity contribution in [2.45, 2.75) is 232 Å².